The number of para-hydroxylation sites is 1. The normalized spacial score (nSPS) is 17.6. The summed E-state index contributed by atoms with van der Waals surface area (Å²) >= 11 is 3.49. The van der Waals surface area contributed by atoms with Crippen molar-refractivity contribution in [2.24, 2.45) is 5.92 Å². The summed E-state index contributed by atoms with van der Waals surface area (Å²) in [6, 6.07) is 16.3. The predicted octanol–water partition coefficient (Wildman–Crippen LogP) is 5.46. The van der Waals surface area contributed by atoms with Gasteiger partial charge in [0.25, 0.3) is 5.91 Å². The van der Waals surface area contributed by atoms with Gasteiger partial charge in [-0.15, -0.1) is 11.3 Å². The summed E-state index contributed by atoms with van der Waals surface area (Å²) in [5.41, 5.74) is 3.09. The number of hydrogen-bond donors (Lipinski definition) is 0. The van der Waals surface area contributed by atoms with Crippen molar-refractivity contribution in [2.75, 3.05) is 13.1 Å². The topological polar surface area (TPSA) is 33.2 Å². The highest BCUT2D eigenvalue weighted by molar-refractivity contribution is 8.00. The number of carbonyl (C=O) groups is 1. The Morgan fingerprint density at radius 2 is 2.04 bits per heavy atom. The quantitative estimate of drug-likeness (QED) is 0.562. The SMILES string of the molecule is C[C@H]1CCCN(C(=O)c2ccc(CSc3nc4ccccc4s3)cc2)C1. The molecule has 4 rings (SSSR count). The summed E-state index contributed by atoms with van der Waals surface area (Å²) < 4.78 is 2.32. The average Bonchev–Trinajstić information content (AvgIpc) is 3.09. The largest absolute Gasteiger partial charge is 0.338 e. The van der Waals surface area contributed by atoms with E-state index < -0.39 is 0 Å². The van der Waals surface area contributed by atoms with Crippen molar-refractivity contribution in [1.82, 2.24) is 9.88 Å². The van der Waals surface area contributed by atoms with Crippen molar-refractivity contribution in [2.45, 2.75) is 29.9 Å². The van der Waals surface area contributed by atoms with Gasteiger partial charge in [-0.25, -0.2) is 4.98 Å². The van der Waals surface area contributed by atoms with Gasteiger partial charge in [0.1, 0.15) is 0 Å². The highest BCUT2D eigenvalue weighted by Gasteiger charge is 2.21. The van der Waals surface area contributed by atoms with Crippen molar-refractivity contribution in [3.63, 3.8) is 0 Å². The lowest BCUT2D eigenvalue weighted by Gasteiger charge is -2.31. The minimum Gasteiger partial charge on any atom is -0.338 e. The molecule has 0 N–H and O–H groups in total. The molecule has 1 atom stereocenters. The number of thiazole rings is 1. The molecule has 2 heterocycles. The van der Waals surface area contributed by atoms with E-state index in [4.69, 9.17) is 0 Å². The van der Waals surface area contributed by atoms with Crippen molar-refractivity contribution < 1.29 is 4.79 Å². The Bertz CT molecular complexity index is 871. The minimum absolute atomic E-state index is 0.168. The van der Waals surface area contributed by atoms with Gasteiger partial charge in [-0.1, -0.05) is 43.0 Å². The Labute approximate surface area is 162 Å². The predicted molar refractivity (Wildman–Crippen MR) is 110 cm³/mol. The minimum atomic E-state index is 0.168. The summed E-state index contributed by atoms with van der Waals surface area (Å²) in [4.78, 5) is 19.3. The highest BCUT2D eigenvalue weighted by Crippen LogP contribution is 2.31. The van der Waals surface area contributed by atoms with Gasteiger partial charge in [0.15, 0.2) is 4.34 Å². The van der Waals surface area contributed by atoms with E-state index in [0.717, 1.165) is 40.7 Å². The van der Waals surface area contributed by atoms with Gasteiger partial charge in [-0.2, -0.15) is 0 Å². The van der Waals surface area contributed by atoms with Gasteiger partial charge < -0.3 is 4.90 Å². The second kappa shape index (κ2) is 7.80. The van der Waals surface area contributed by atoms with E-state index in [0.29, 0.717) is 5.92 Å². The van der Waals surface area contributed by atoms with Crippen LogP contribution < -0.4 is 0 Å². The third-order valence-corrected chi connectivity index (χ3v) is 7.03. The fraction of sp³-hybridized carbons (Fsp3) is 0.333. The fourth-order valence-electron chi connectivity index (χ4n) is 3.36. The van der Waals surface area contributed by atoms with Gasteiger partial charge in [0.05, 0.1) is 10.2 Å². The first-order valence-corrected chi connectivity index (χ1v) is 10.9. The molecule has 134 valence electrons. The van der Waals surface area contributed by atoms with E-state index in [1.54, 1.807) is 23.1 Å². The van der Waals surface area contributed by atoms with Gasteiger partial charge >= 0.3 is 0 Å². The van der Waals surface area contributed by atoms with Crippen molar-refractivity contribution in [3.8, 4) is 0 Å². The van der Waals surface area contributed by atoms with E-state index in [2.05, 4.69) is 36.2 Å². The number of nitrogens with zero attached hydrogens (tertiary/aromatic N) is 2. The van der Waals surface area contributed by atoms with Crippen molar-refractivity contribution >= 4 is 39.2 Å². The third-order valence-electron chi connectivity index (χ3n) is 4.78. The molecule has 0 unspecified atom stereocenters. The second-order valence-corrected chi connectivity index (χ2v) is 9.18. The lowest BCUT2D eigenvalue weighted by Crippen LogP contribution is -2.39. The third kappa shape index (κ3) is 3.94. The molecule has 5 heteroatoms. The summed E-state index contributed by atoms with van der Waals surface area (Å²) in [5, 5.41) is 0. The van der Waals surface area contributed by atoms with Crippen LogP contribution in [-0.2, 0) is 5.75 Å². The first-order valence-electron chi connectivity index (χ1n) is 9.05. The fourth-order valence-corrected chi connectivity index (χ4v) is 5.38. The Kier molecular flexibility index (Phi) is 5.27. The summed E-state index contributed by atoms with van der Waals surface area (Å²) in [7, 11) is 0. The first kappa shape index (κ1) is 17.6. The molecule has 1 amide bonds. The van der Waals surface area contributed by atoms with Crippen LogP contribution in [0.15, 0.2) is 52.9 Å². The number of likely N-dealkylation sites (tertiary alicyclic amines) is 1. The standard InChI is InChI=1S/C21H22N2OS2/c1-15-5-4-12-23(13-15)20(24)17-10-8-16(9-11-17)14-25-21-22-18-6-2-3-7-19(18)26-21/h2-3,6-11,15H,4-5,12-14H2,1H3/t15-/m0/s1. The smallest absolute Gasteiger partial charge is 0.253 e. The molecule has 0 saturated carbocycles. The number of carbonyl (C=O) groups excluding carboxylic acids is 1. The van der Waals surface area contributed by atoms with E-state index in [-0.39, 0.29) is 5.91 Å². The highest BCUT2D eigenvalue weighted by atomic mass is 32.2. The summed E-state index contributed by atoms with van der Waals surface area (Å²) in [6.45, 7) is 3.99. The second-order valence-electron chi connectivity index (χ2n) is 6.93. The lowest BCUT2D eigenvalue weighted by atomic mass is 9.99. The summed E-state index contributed by atoms with van der Waals surface area (Å²) in [5.74, 6) is 1.65. The zero-order valence-electron chi connectivity index (χ0n) is 14.9. The summed E-state index contributed by atoms with van der Waals surface area (Å²) in [6.07, 6.45) is 2.34. The molecule has 1 aromatic heterocycles. The maximum atomic E-state index is 12.6. The number of benzene rings is 2. The Morgan fingerprint density at radius 3 is 2.81 bits per heavy atom. The zero-order valence-corrected chi connectivity index (χ0v) is 16.5. The molecule has 2 aromatic carbocycles. The van der Waals surface area contributed by atoms with E-state index >= 15 is 0 Å². The molecule has 0 spiro atoms. The number of aromatic nitrogens is 1. The van der Waals surface area contributed by atoms with Crippen LogP contribution in [0.2, 0.25) is 0 Å². The number of rotatable bonds is 4. The van der Waals surface area contributed by atoms with Crippen LogP contribution in [-0.4, -0.2) is 28.9 Å². The van der Waals surface area contributed by atoms with E-state index in [1.807, 2.05) is 29.2 Å². The van der Waals surface area contributed by atoms with Gasteiger partial charge in [-0.3, -0.25) is 4.79 Å². The lowest BCUT2D eigenvalue weighted by molar-refractivity contribution is 0.0683. The molecule has 3 nitrogen and oxygen atoms in total. The molecule has 1 aliphatic heterocycles. The molecule has 0 aliphatic carbocycles. The van der Waals surface area contributed by atoms with Crippen LogP contribution in [0.25, 0.3) is 10.2 Å². The van der Waals surface area contributed by atoms with Crippen LogP contribution >= 0.6 is 23.1 Å². The van der Waals surface area contributed by atoms with E-state index in [9.17, 15) is 4.79 Å². The monoisotopic (exact) mass is 382 g/mol. The first-order chi connectivity index (χ1) is 12.7. The molecular formula is C21H22N2OS2. The molecule has 1 fully saturated rings. The number of fused-ring (bicyclic) bond motifs is 1. The number of thioether (sulfide) groups is 1. The van der Waals surface area contributed by atoms with Crippen molar-refractivity contribution in [3.05, 3.63) is 59.7 Å². The Hall–Kier alpha value is -1.85. The maximum absolute atomic E-state index is 12.6. The molecule has 3 aromatic rings. The van der Waals surface area contributed by atoms with Crippen LogP contribution in [0, 0.1) is 5.92 Å². The van der Waals surface area contributed by atoms with Crippen LogP contribution in [0.3, 0.4) is 0 Å². The molecule has 0 radical (unpaired) electrons. The maximum Gasteiger partial charge on any atom is 0.253 e. The van der Waals surface area contributed by atoms with E-state index in [1.165, 1.54) is 16.7 Å². The van der Waals surface area contributed by atoms with Gasteiger partial charge in [-0.05, 0) is 48.6 Å². The number of piperidine rings is 1. The Morgan fingerprint density at radius 1 is 1.23 bits per heavy atom. The molecule has 1 aliphatic rings. The zero-order chi connectivity index (χ0) is 17.9. The number of hydrogen-bond acceptors (Lipinski definition) is 4. The average molecular weight is 383 g/mol. The van der Waals surface area contributed by atoms with Crippen LogP contribution in [0.5, 0.6) is 0 Å². The van der Waals surface area contributed by atoms with Gasteiger partial charge in [0.2, 0.25) is 0 Å². The van der Waals surface area contributed by atoms with Crippen LogP contribution in [0.4, 0.5) is 0 Å². The molecule has 26 heavy (non-hydrogen) atoms. The molecule has 1 saturated heterocycles. The molecule has 0 bridgehead atoms. The van der Waals surface area contributed by atoms with Crippen molar-refractivity contribution in [1.29, 1.82) is 0 Å². The van der Waals surface area contributed by atoms with Gasteiger partial charge in [0, 0.05) is 24.4 Å². The Balaban J connectivity index is 1.38. The molecular weight excluding hydrogens is 360 g/mol. The number of amides is 1. The van der Waals surface area contributed by atoms with Crippen LogP contribution in [0.1, 0.15) is 35.7 Å².